The molecule has 1 aliphatic heterocycles. The smallest absolute Gasteiger partial charge is 0.00388 e. The van der Waals surface area contributed by atoms with Crippen molar-refractivity contribution in [3.63, 3.8) is 0 Å². The number of nitrogens with zero attached hydrogens (tertiary/aromatic N) is 1. The van der Waals surface area contributed by atoms with Crippen LogP contribution in [0, 0.1) is 17.3 Å². The van der Waals surface area contributed by atoms with Gasteiger partial charge in [0, 0.05) is 19.1 Å². The Balaban J connectivity index is 1.68. The Kier molecular flexibility index (Phi) is 0.976. The third kappa shape index (κ3) is 0.658. The number of hydrogen-bond donors (Lipinski definition) is 0. The van der Waals surface area contributed by atoms with Gasteiger partial charge in [-0.25, -0.2) is 0 Å². The van der Waals surface area contributed by atoms with E-state index in [0.29, 0.717) is 0 Å². The number of fused-ring (bicyclic) bond motifs is 3. The van der Waals surface area contributed by atoms with Gasteiger partial charge >= 0.3 is 0 Å². The van der Waals surface area contributed by atoms with Crippen molar-refractivity contribution in [2.24, 2.45) is 17.3 Å². The zero-order chi connectivity index (χ0) is 7.64. The summed E-state index contributed by atoms with van der Waals surface area (Å²) in [5.41, 5.74) is 0.936. The normalized spacial score (nSPS) is 45.0. The predicted octanol–water partition coefficient (Wildman–Crippen LogP) is 1.74. The number of hydrogen-bond acceptors (Lipinski definition) is 1. The molecule has 0 N–H and O–H groups in total. The Hall–Kier alpha value is -0.0400. The molecule has 0 bridgehead atoms. The lowest BCUT2D eigenvalue weighted by atomic mass is 10.2. The maximum atomic E-state index is 2.65. The van der Waals surface area contributed by atoms with Crippen LogP contribution in [0.3, 0.4) is 0 Å². The maximum absolute atomic E-state index is 2.65. The van der Waals surface area contributed by atoms with E-state index >= 15 is 0 Å². The summed E-state index contributed by atoms with van der Waals surface area (Å²) in [6.45, 7) is 7.49. The van der Waals surface area contributed by atoms with Crippen molar-refractivity contribution < 1.29 is 0 Å². The highest BCUT2D eigenvalue weighted by Gasteiger charge is 2.73. The Bertz CT molecular complexity index is 179. The highest BCUT2D eigenvalue weighted by molar-refractivity contribution is 5.23. The standard InChI is InChI=1S/C10H17N/c1-7(2)11-5-8-9(6-11)10(8)3-4-10/h7-9H,3-6H2,1-2H3/t8-,9?/m1/s1. The van der Waals surface area contributed by atoms with Crippen LogP contribution in [0.25, 0.3) is 0 Å². The van der Waals surface area contributed by atoms with Crippen LogP contribution in [0.1, 0.15) is 26.7 Å². The fraction of sp³-hybridized carbons (Fsp3) is 1.00. The van der Waals surface area contributed by atoms with E-state index in [-0.39, 0.29) is 0 Å². The van der Waals surface area contributed by atoms with Gasteiger partial charge in [0.25, 0.3) is 0 Å². The minimum absolute atomic E-state index is 0.790. The Morgan fingerprint density at radius 3 is 2.09 bits per heavy atom. The van der Waals surface area contributed by atoms with Gasteiger partial charge in [-0.3, -0.25) is 0 Å². The van der Waals surface area contributed by atoms with E-state index in [1.165, 1.54) is 13.1 Å². The van der Waals surface area contributed by atoms with Crippen LogP contribution < -0.4 is 0 Å². The first-order chi connectivity index (χ1) is 5.24. The van der Waals surface area contributed by atoms with Crippen LogP contribution in [-0.4, -0.2) is 24.0 Å². The summed E-state index contributed by atoms with van der Waals surface area (Å²) in [5, 5.41) is 0. The van der Waals surface area contributed by atoms with E-state index in [0.717, 1.165) is 23.3 Å². The third-order valence-electron chi connectivity index (χ3n) is 4.27. The molecule has 11 heavy (non-hydrogen) atoms. The lowest BCUT2D eigenvalue weighted by molar-refractivity contribution is 0.230. The second-order valence-corrected chi connectivity index (χ2v) is 4.99. The van der Waals surface area contributed by atoms with Crippen LogP contribution >= 0.6 is 0 Å². The summed E-state index contributed by atoms with van der Waals surface area (Å²) in [5.74, 6) is 2.26. The van der Waals surface area contributed by atoms with Gasteiger partial charge in [-0.1, -0.05) is 0 Å². The van der Waals surface area contributed by atoms with Crippen molar-refractivity contribution in [3.05, 3.63) is 0 Å². The molecule has 2 aliphatic carbocycles. The van der Waals surface area contributed by atoms with Crippen LogP contribution in [0.15, 0.2) is 0 Å². The molecule has 3 rings (SSSR count). The van der Waals surface area contributed by atoms with Crippen molar-refractivity contribution in [2.45, 2.75) is 32.7 Å². The topological polar surface area (TPSA) is 3.24 Å². The molecule has 1 heteroatoms. The van der Waals surface area contributed by atoms with E-state index in [9.17, 15) is 0 Å². The van der Waals surface area contributed by atoms with Gasteiger partial charge in [0.05, 0.1) is 0 Å². The zero-order valence-electron chi connectivity index (χ0n) is 7.51. The highest BCUT2D eigenvalue weighted by atomic mass is 15.2. The van der Waals surface area contributed by atoms with E-state index in [1.807, 2.05) is 0 Å². The molecule has 2 saturated carbocycles. The van der Waals surface area contributed by atoms with Crippen LogP contribution in [0.4, 0.5) is 0 Å². The molecule has 1 spiro atoms. The van der Waals surface area contributed by atoms with Gasteiger partial charge in [0.15, 0.2) is 0 Å². The minimum atomic E-state index is 0.790. The third-order valence-corrected chi connectivity index (χ3v) is 4.27. The largest absolute Gasteiger partial charge is 0.300 e. The summed E-state index contributed by atoms with van der Waals surface area (Å²) in [7, 11) is 0. The van der Waals surface area contributed by atoms with Gasteiger partial charge in [0.1, 0.15) is 0 Å². The molecule has 0 aromatic carbocycles. The molecule has 0 radical (unpaired) electrons. The lowest BCUT2D eigenvalue weighted by Gasteiger charge is -2.23. The average Bonchev–Trinajstić information content (AvgIpc) is 2.79. The molecule has 1 unspecified atom stereocenters. The van der Waals surface area contributed by atoms with Gasteiger partial charge in [-0.15, -0.1) is 0 Å². The molecule has 3 fully saturated rings. The Morgan fingerprint density at radius 2 is 1.73 bits per heavy atom. The molecular formula is C10H17N. The fourth-order valence-corrected chi connectivity index (χ4v) is 3.18. The van der Waals surface area contributed by atoms with Crippen molar-refractivity contribution in [3.8, 4) is 0 Å². The van der Waals surface area contributed by atoms with E-state index in [2.05, 4.69) is 18.7 Å². The molecule has 1 saturated heterocycles. The predicted molar refractivity (Wildman–Crippen MR) is 45.4 cm³/mol. The average molecular weight is 151 g/mol. The summed E-state index contributed by atoms with van der Waals surface area (Å²) >= 11 is 0. The highest BCUT2D eigenvalue weighted by Crippen LogP contribution is 2.77. The quantitative estimate of drug-likeness (QED) is 0.551. The summed E-state index contributed by atoms with van der Waals surface area (Å²) in [4.78, 5) is 2.65. The van der Waals surface area contributed by atoms with E-state index < -0.39 is 0 Å². The molecule has 1 nitrogen and oxygen atoms in total. The van der Waals surface area contributed by atoms with Crippen molar-refractivity contribution in [1.29, 1.82) is 0 Å². The van der Waals surface area contributed by atoms with E-state index in [1.54, 1.807) is 12.8 Å². The Morgan fingerprint density at radius 1 is 1.18 bits per heavy atom. The monoisotopic (exact) mass is 151 g/mol. The minimum Gasteiger partial charge on any atom is -0.300 e. The van der Waals surface area contributed by atoms with Crippen molar-refractivity contribution in [1.82, 2.24) is 4.90 Å². The molecule has 62 valence electrons. The molecular weight excluding hydrogens is 134 g/mol. The zero-order valence-corrected chi connectivity index (χ0v) is 7.51. The molecule has 0 aromatic heterocycles. The number of rotatable bonds is 1. The summed E-state index contributed by atoms with van der Waals surface area (Å²) in [6, 6.07) is 0.790. The molecule has 3 aliphatic rings. The van der Waals surface area contributed by atoms with Gasteiger partial charge in [-0.05, 0) is 43.9 Å². The first-order valence-corrected chi connectivity index (χ1v) is 4.98. The van der Waals surface area contributed by atoms with Gasteiger partial charge < -0.3 is 4.90 Å². The summed E-state index contributed by atoms with van der Waals surface area (Å²) in [6.07, 6.45) is 3.13. The number of likely N-dealkylation sites (tertiary alicyclic amines) is 1. The Labute approximate surface area is 68.8 Å². The van der Waals surface area contributed by atoms with Crippen LogP contribution in [0.5, 0.6) is 0 Å². The van der Waals surface area contributed by atoms with E-state index in [4.69, 9.17) is 0 Å². The molecule has 2 atom stereocenters. The fourth-order valence-electron chi connectivity index (χ4n) is 3.18. The lowest BCUT2D eigenvalue weighted by Crippen LogP contribution is -2.31. The molecule has 0 aromatic rings. The van der Waals surface area contributed by atoms with Crippen molar-refractivity contribution >= 4 is 0 Å². The van der Waals surface area contributed by atoms with Gasteiger partial charge in [0.2, 0.25) is 0 Å². The maximum Gasteiger partial charge on any atom is 0.00388 e. The second kappa shape index (κ2) is 1.66. The summed E-state index contributed by atoms with van der Waals surface area (Å²) < 4.78 is 0. The first kappa shape index (κ1) is 6.47. The second-order valence-electron chi connectivity index (χ2n) is 4.99. The molecule has 1 heterocycles. The number of piperidine rings is 1. The SMILES string of the molecule is CC(C)N1CC2[C@@H](C1)C21CC1. The van der Waals surface area contributed by atoms with Crippen molar-refractivity contribution in [2.75, 3.05) is 13.1 Å². The van der Waals surface area contributed by atoms with Crippen LogP contribution in [-0.2, 0) is 0 Å². The van der Waals surface area contributed by atoms with Gasteiger partial charge in [-0.2, -0.15) is 0 Å². The van der Waals surface area contributed by atoms with Crippen LogP contribution in [0.2, 0.25) is 0 Å². The first-order valence-electron chi connectivity index (χ1n) is 4.98. The molecule has 0 amide bonds.